The lowest BCUT2D eigenvalue weighted by molar-refractivity contribution is 0.139. The van der Waals surface area contributed by atoms with E-state index >= 15 is 0 Å². The van der Waals surface area contributed by atoms with Crippen LogP contribution in [-0.4, -0.2) is 37.8 Å². The second-order valence-electron chi connectivity index (χ2n) is 6.14. The van der Waals surface area contributed by atoms with Gasteiger partial charge >= 0.3 is 0 Å². The van der Waals surface area contributed by atoms with Crippen LogP contribution in [0.15, 0.2) is 12.1 Å². The first-order valence-electron chi connectivity index (χ1n) is 7.89. The molecule has 1 aliphatic heterocycles. The second kappa shape index (κ2) is 6.95. The van der Waals surface area contributed by atoms with Crippen molar-refractivity contribution in [3.63, 3.8) is 0 Å². The zero-order valence-corrected chi connectivity index (χ0v) is 13.4. The standard InChI is InChI=1S/C16H24ClN3O/c1-21-11-12-6-8-20(9-7-12)16-5-4-14(17)15(19-16)10-18-13-2-3-13/h4-5,12-13,18H,2-3,6-11H2,1H3. The van der Waals surface area contributed by atoms with Gasteiger partial charge in [0.05, 0.1) is 10.7 Å². The molecule has 1 saturated heterocycles. The monoisotopic (exact) mass is 309 g/mol. The number of ether oxygens (including phenoxy) is 1. The van der Waals surface area contributed by atoms with Gasteiger partial charge in [-0.05, 0) is 43.7 Å². The van der Waals surface area contributed by atoms with Gasteiger partial charge in [0.2, 0.25) is 0 Å². The largest absolute Gasteiger partial charge is 0.384 e. The molecule has 21 heavy (non-hydrogen) atoms. The number of piperidine rings is 1. The highest BCUT2D eigenvalue weighted by Gasteiger charge is 2.22. The minimum atomic E-state index is 0.677. The Bertz CT molecular complexity index is 471. The maximum absolute atomic E-state index is 6.27. The number of rotatable bonds is 6. The molecule has 1 aliphatic carbocycles. The van der Waals surface area contributed by atoms with Crippen LogP contribution < -0.4 is 10.2 Å². The smallest absolute Gasteiger partial charge is 0.128 e. The Balaban J connectivity index is 1.60. The number of methoxy groups -OCH3 is 1. The van der Waals surface area contributed by atoms with Crippen LogP contribution in [0.1, 0.15) is 31.4 Å². The molecule has 2 heterocycles. The van der Waals surface area contributed by atoms with Crippen LogP contribution in [0.5, 0.6) is 0 Å². The third-order valence-corrected chi connectivity index (χ3v) is 4.72. The van der Waals surface area contributed by atoms with Crippen LogP contribution in [0.3, 0.4) is 0 Å². The molecule has 1 saturated carbocycles. The average molecular weight is 310 g/mol. The van der Waals surface area contributed by atoms with E-state index in [1.165, 1.54) is 25.7 Å². The van der Waals surface area contributed by atoms with Crippen LogP contribution in [-0.2, 0) is 11.3 Å². The van der Waals surface area contributed by atoms with Gasteiger partial charge in [-0.1, -0.05) is 11.6 Å². The molecular weight excluding hydrogens is 286 g/mol. The molecule has 4 nitrogen and oxygen atoms in total. The number of nitrogens with one attached hydrogen (secondary N) is 1. The summed E-state index contributed by atoms with van der Waals surface area (Å²) < 4.78 is 5.26. The first kappa shape index (κ1) is 15.1. The quantitative estimate of drug-likeness (QED) is 0.877. The Morgan fingerprint density at radius 2 is 2.05 bits per heavy atom. The summed E-state index contributed by atoms with van der Waals surface area (Å²) in [5.74, 6) is 1.75. The van der Waals surface area contributed by atoms with Crippen molar-refractivity contribution >= 4 is 17.4 Å². The maximum Gasteiger partial charge on any atom is 0.128 e. The zero-order valence-electron chi connectivity index (χ0n) is 12.6. The van der Waals surface area contributed by atoms with Crippen molar-refractivity contribution in [1.29, 1.82) is 0 Å². The van der Waals surface area contributed by atoms with E-state index in [2.05, 4.69) is 10.2 Å². The van der Waals surface area contributed by atoms with E-state index in [0.717, 1.165) is 42.8 Å². The van der Waals surface area contributed by atoms with Crippen LogP contribution in [0, 0.1) is 5.92 Å². The topological polar surface area (TPSA) is 37.4 Å². The highest BCUT2D eigenvalue weighted by atomic mass is 35.5. The van der Waals surface area contributed by atoms with E-state index in [4.69, 9.17) is 21.3 Å². The minimum Gasteiger partial charge on any atom is -0.384 e. The van der Waals surface area contributed by atoms with E-state index in [1.54, 1.807) is 7.11 Å². The number of nitrogens with zero attached hydrogens (tertiary/aromatic N) is 2. The van der Waals surface area contributed by atoms with Crippen molar-refractivity contribution in [3.05, 3.63) is 22.8 Å². The highest BCUT2D eigenvalue weighted by Crippen LogP contribution is 2.25. The number of hydrogen-bond acceptors (Lipinski definition) is 4. The molecule has 116 valence electrons. The van der Waals surface area contributed by atoms with Crippen LogP contribution in [0.2, 0.25) is 5.02 Å². The summed E-state index contributed by atoms with van der Waals surface area (Å²) >= 11 is 6.27. The van der Waals surface area contributed by atoms with Crippen molar-refractivity contribution < 1.29 is 4.74 Å². The van der Waals surface area contributed by atoms with Crippen LogP contribution >= 0.6 is 11.6 Å². The summed E-state index contributed by atoms with van der Waals surface area (Å²) in [6.45, 7) is 3.76. The molecular formula is C16H24ClN3O. The summed E-state index contributed by atoms with van der Waals surface area (Å²) in [5, 5.41) is 4.25. The Labute approximate surface area is 131 Å². The number of hydrogen-bond donors (Lipinski definition) is 1. The Morgan fingerprint density at radius 3 is 2.71 bits per heavy atom. The Kier molecular flexibility index (Phi) is 4.99. The third-order valence-electron chi connectivity index (χ3n) is 4.38. The van der Waals surface area contributed by atoms with Gasteiger partial charge in [-0.3, -0.25) is 0 Å². The maximum atomic E-state index is 6.27. The molecule has 1 N–H and O–H groups in total. The van der Waals surface area contributed by atoms with Gasteiger partial charge in [-0.15, -0.1) is 0 Å². The third kappa shape index (κ3) is 4.09. The van der Waals surface area contributed by atoms with E-state index in [0.29, 0.717) is 12.0 Å². The van der Waals surface area contributed by atoms with E-state index in [-0.39, 0.29) is 0 Å². The lowest BCUT2D eigenvalue weighted by Gasteiger charge is -2.32. The van der Waals surface area contributed by atoms with Crippen molar-refractivity contribution in [2.75, 3.05) is 31.7 Å². The summed E-state index contributed by atoms with van der Waals surface area (Å²) in [4.78, 5) is 7.13. The fraction of sp³-hybridized carbons (Fsp3) is 0.688. The summed E-state index contributed by atoms with van der Waals surface area (Å²) in [7, 11) is 1.78. The molecule has 0 bridgehead atoms. The normalized spacial score (nSPS) is 20.0. The van der Waals surface area contributed by atoms with E-state index in [1.807, 2.05) is 12.1 Å². The molecule has 1 aromatic heterocycles. The molecule has 0 amide bonds. The lowest BCUT2D eigenvalue weighted by atomic mass is 9.98. The van der Waals surface area contributed by atoms with E-state index in [9.17, 15) is 0 Å². The van der Waals surface area contributed by atoms with Gasteiger partial charge in [0.15, 0.2) is 0 Å². The predicted molar refractivity (Wildman–Crippen MR) is 85.9 cm³/mol. The van der Waals surface area contributed by atoms with Gasteiger partial charge in [0.1, 0.15) is 5.82 Å². The van der Waals surface area contributed by atoms with Gasteiger partial charge in [-0.2, -0.15) is 0 Å². The molecule has 1 aromatic rings. The fourth-order valence-electron chi connectivity index (χ4n) is 2.87. The SMILES string of the molecule is COCC1CCN(c2ccc(Cl)c(CNC3CC3)n2)CC1. The summed E-state index contributed by atoms with van der Waals surface area (Å²) in [6.07, 6.45) is 4.91. The van der Waals surface area contributed by atoms with Crippen molar-refractivity contribution in [3.8, 4) is 0 Å². The number of anilines is 1. The number of halogens is 1. The van der Waals surface area contributed by atoms with Crippen LogP contribution in [0.25, 0.3) is 0 Å². The average Bonchev–Trinajstić information content (AvgIpc) is 3.32. The zero-order chi connectivity index (χ0) is 14.7. The molecule has 0 aromatic carbocycles. The Morgan fingerprint density at radius 1 is 1.29 bits per heavy atom. The molecule has 2 aliphatic rings. The lowest BCUT2D eigenvalue weighted by Crippen LogP contribution is -2.35. The van der Waals surface area contributed by atoms with Gasteiger partial charge in [0.25, 0.3) is 0 Å². The highest BCUT2D eigenvalue weighted by molar-refractivity contribution is 6.31. The molecule has 5 heteroatoms. The molecule has 0 atom stereocenters. The van der Waals surface area contributed by atoms with Gasteiger partial charge in [0, 0.05) is 39.4 Å². The predicted octanol–water partition coefficient (Wildman–Crippen LogP) is 2.85. The summed E-state index contributed by atoms with van der Waals surface area (Å²) in [5.41, 5.74) is 0.972. The molecule has 0 unspecified atom stereocenters. The Hall–Kier alpha value is -0.840. The minimum absolute atomic E-state index is 0.677. The van der Waals surface area contributed by atoms with E-state index < -0.39 is 0 Å². The second-order valence-corrected chi connectivity index (χ2v) is 6.55. The van der Waals surface area contributed by atoms with Crippen molar-refractivity contribution in [1.82, 2.24) is 10.3 Å². The van der Waals surface area contributed by atoms with Crippen LogP contribution in [0.4, 0.5) is 5.82 Å². The molecule has 2 fully saturated rings. The molecule has 0 spiro atoms. The first-order chi connectivity index (χ1) is 10.3. The van der Waals surface area contributed by atoms with Crippen molar-refractivity contribution in [2.24, 2.45) is 5.92 Å². The fourth-order valence-corrected chi connectivity index (χ4v) is 3.04. The molecule has 0 radical (unpaired) electrons. The van der Waals surface area contributed by atoms with Crippen molar-refractivity contribution in [2.45, 2.75) is 38.3 Å². The molecule has 3 rings (SSSR count). The van der Waals surface area contributed by atoms with Gasteiger partial charge < -0.3 is 15.0 Å². The number of pyridine rings is 1. The number of aromatic nitrogens is 1. The first-order valence-corrected chi connectivity index (χ1v) is 8.26. The van der Waals surface area contributed by atoms with Gasteiger partial charge in [-0.25, -0.2) is 4.98 Å². The summed E-state index contributed by atoms with van der Waals surface area (Å²) in [6, 6.07) is 4.70.